The molecule has 5 nitrogen and oxygen atoms in total. The Balaban J connectivity index is 1.76. The van der Waals surface area contributed by atoms with Gasteiger partial charge in [-0.15, -0.1) is 5.10 Å². The smallest absolute Gasteiger partial charge is 0.315 e. The molecule has 0 amide bonds. The lowest BCUT2D eigenvalue weighted by Gasteiger charge is -2.26. The van der Waals surface area contributed by atoms with Gasteiger partial charge in [-0.25, -0.2) is 0 Å². The third kappa shape index (κ3) is 3.70. The molecular weight excluding hydrogens is 216 g/mol. The molecule has 0 aliphatic heterocycles. The average Bonchev–Trinajstić information content (AvgIpc) is 2.75. The Morgan fingerprint density at radius 1 is 1.35 bits per heavy atom. The van der Waals surface area contributed by atoms with Gasteiger partial charge in [-0.05, 0) is 31.7 Å². The van der Waals surface area contributed by atoms with Crippen LogP contribution in [0.5, 0.6) is 0 Å². The van der Waals surface area contributed by atoms with Crippen molar-refractivity contribution in [1.82, 2.24) is 15.5 Å². The summed E-state index contributed by atoms with van der Waals surface area (Å²) in [5.74, 6) is 2.24. The molecule has 2 unspecified atom stereocenters. The molecular formula is C12H22N4O. The summed E-state index contributed by atoms with van der Waals surface area (Å²) in [7, 11) is 1.86. The Morgan fingerprint density at radius 2 is 2.24 bits per heavy atom. The van der Waals surface area contributed by atoms with Gasteiger partial charge in [-0.1, -0.05) is 24.9 Å². The molecule has 17 heavy (non-hydrogen) atoms. The summed E-state index contributed by atoms with van der Waals surface area (Å²) < 4.78 is 5.45. The molecule has 1 aromatic heterocycles. The Bertz CT molecular complexity index is 339. The maximum Gasteiger partial charge on any atom is 0.315 e. The molecule has 1 heterocycles. The summed E-state index contributed by atoms with van der Waals surface area (Å²) in [5, 5.41) is 14.1. The summed E-state index contributed by atoms with van der Waals surface area (Å²) in [6.07, 6.45) is 5.35. The largest absolute Gasteiger partial charge is 0.407 e. The van der Waals surface area contributed by atoms with Crippen LogP contribution < -0.4 is 10.6 Å². The molecule has 2 rings (SSSR count). The standard InChI is InChI=1S/C12H22N4O/c1-9-4-3-5-10(6-9)7-14-12-16-15-11(17-12)8-13-2/h9-10,13H,3-8H2,1-2H3,(H,14,16). The van der Waals surface area contributed by atoms with E-state index in [1.165, 1.54) is 25.7 Å². The summed E-state index contributed by atoms with van der Waals surface area (Å²) in [6.45, 7) is 3.91. The third-order valence-electron chi connectivity index (χ3n) is 3.38. The van der Waals surface area contributed by atoms with Gasteiger partial charge in [-0.3, -0.25) is 0 Å². The molecule has 1 saturated carbocycles. The minimum absolute atomic E-state index is 0.550. The topological polar surface area (TPSA) is 63.0 Å². The van der Waals surface area contributed by atoms with Gasteiger partial charge in [0.1, 0.15) is 0 Å². The minimum atomic E-state index is 0.550. The van der Waals surface area contributed by atoms with Crippen LogP contribution in [-0.2, 0) is 6.54 Å². The second-order valence-corrected chi connectivity index (χ2v) is 5.05. The summed E-state index contributed by atoms with van der Waals surface area (Å²) in [5.41, 5.74) is 0. The molecule has 2 N–H and O–H groups in total. The monoisotopic (exact) mass is 238 g/mol. The Kier molecular flexibility index (Phi) is 4.36. The van der Waals surface area contributed by atoms with Crippen LogP contribution in [0.1, 0.15) is 38.5 Å². The van der Waals surface area contributed by atoms with E-state index in [0.717, 1.165) is 18.4 Å². The number of anilines is 1. The molecule has 1 aliphatic rings. The van der Waals surface area contributed by atoms with Crippen molar-refractivity contribution in [3.8, 4) is 0 Å². The molecule has 1 aromatic rings. The van der Waals surface area contributed by atoms with E-state index in [-0.39, 0.29) is 0 Å². The lowest BCUT2D eigenvalue weighted by Crippen LogP contribution is -2.21. The second kappa shape index (κ2) is 6.00. The van der Waals surface area contributed by atoms with E-state index in [2.05, 4.69) is 27.8 Å². The SMILES string of the molecule is CNCc1nnc(NCC2CCCC(C)C2)o1. The van der Waals surface area contributed by atoms with E-state index in [4.69, 9.17) is 4.42 Å². The fourth-order valence-corrected chi connectivity index (χ4v) is 2.52. The van der Waals surface area contributed by atoms with Crippen LogP contribution in [0, 0.1) is 11.8 Å². The van der Waals surface area contributed by atoms with E-state index in [0.29, 0.717) is 18.5 Å². The van der Waals surface area contributed by atoms with Crippen LogP contribution in [0.25, 0.3) is 0 Å². The van der Waals surface area contributed by atoms with Crippen molar-refractivity contribution in [2.45, 2.75) is 39.2 Å². The highest BCUT2D eigenvalue weighted by molar-refractivity contribution is 5.16. The highest BCUT2D eigenvalue weighted by atomic mass is 16.4. The number of aromatic nitrogens is 2. The number of nitrogens with zero attached hydrogens (tertiary/aromatic N) is 2. The summed E-state index contributed by atoms with van der Waals surface area (Å²) >= 11 is 0. The summed E-state index contributed by atoms with van der Waals surface area (Å²) in [4.78, 5) is 0. The molecule has 2 atom stereocenters. The van der Waals surface area contributed by atoms with E-state index >= 15 is 0 Å². The van der Waals surface area contributed by atoms with E-state index in [1.54, 1.807) is 0 Å². The van der Waals surface area contributed by atoms with Crippen molar-refractivity contribution in [1.29, 1.82) is 0 Å². The molecule has 0 bridgehead atoms. The van der Waals surface area contributed by atoms with Crippen LogP contribution >= 0.6 is 0 Å². The van der Waals surface area contributed by atoms with Crippen LogP contribution in [0.15, 0.2) is 4.42 Å². The lowest BCUT2D eigenvalue weighted by atomic mass is 9.82. The maximum absolute atomic E-state index is 5.45. The van der Waals surface area contributed by atoms with Crippen molar-refractivity contribution < 1.29 is 4.42 Å². The second-order valence-electron chi connectivity index (χ2n) is 5.05. The van der Waals surface area contributed by atoms with Crippen molar-refractivity contribution in [2.24, 2.45) is 11.8 Å². The van der Waals surface area contributed by atoms with Crippen molar-refractivity contribution in [2.75, 3.05) is 18.9 Å². The molecule has 0 spiro atoms. The van der Waals surface area contributed by atoms with Gasteiger partial charge in [0, 0.05) is 6.54 Å². The molecule has 1 aliphatic carbocycles. The van der Waals surface area contributed by atoms with Gasteiger partial charge in [-0.2, -0.15) is 0 Å². The number of hydrogen-bond donors (Lipinski definition) is 2. The highest BCUT2D eigenvalue weighted by Crippen LogP contribution is 2.28. The third-order valence-corrected chi connectivity index (χ3v) is 3.38. The maximum atomic E-state index is 5.45. The Hall–Kier alpha value is -1.10. The van der Waals surface area contributed by atoms with Crippen LogP contribution in [0.3, 0.4) is 0 Å². The van der Waals surface area contributed by atoms with E-state index in [1.807, 2.05) is 7.05 Å². The minimum Gasteiger partial charge on any atom is -0.407 e. The van der Waals surface area contributed by atoms with Crippen LogP contribution in [-0.4, -0.2) is 23.8 Å². The quantitative estimate of drug-likeness (QED) is 0.821. The van der Waals surface area contributed by atoms with Gasteiger partial charge in [0.2, 0.25) is 5.89 Å². The van der Waals surface area contributed by atoms with Gasteiger partial charge < -0.3 is 15.1 Å². The molecule has 5 heteroatoms. The first kappa shape index (κ1) is 12.4. The molecule has 0 radical (unpaired) electrons. The zero-order chi connectivity index (χ0) is 12.1. The normalized spacial score (nSPS) is 24.8. The van der Waals surface area contributed by atoms with Gasteiger partial charge in [0.25, 0.3) is 0 Å². The van der Waals surface area contributed by atoms with Crippen molar-refractivity contribution in [3.63, 3.8) is 0 Å². The average molecular weight is 238 g/mol. The Labute approximate surface area is 102 Å². The van der Waals surface area contributed by atoms with Crippen LogP contribution in [0.2, 0.25) is 0 Å². The van der Waals surface area contributed by atoms with Gasteiger partial charge in [0.15, 0.2) is 0 Å². The first-order valence-corrected chi connectivity index (χ1v) is 6.48. The number of nitrogens with one attached hydrogen (secondary N) is 2. The summed E-state index contributed by atoms with van der Waals surface area (Å²) in [6, 6.07) is 0.550. The molecule has 96 valence electrons. The predicted molar refractivity (Wildman–Crippen MR) is 66.7 cm³/mol. The van der Waals surface area contributed by atoms with Gasteiger partial charge in [0.05, 0.1) is 6.54 Å². The molecule has 0 saturated heterocycles. The van der Waals surface area contributed by atoms with Crippen LogP contribution in [0.4, 0.5) is 6.01 Å². The van der Waals surface area contributed by atoms with E-state index < -0.39 is 0 Å². The van der Waals surface area contributed by atoms with Crippen molar-refractivity contribution in [3.05, 3.63) is 5.89 Å². The first-order chi connectivity index (χ1) is 8.28. The number of rotatable bonds is 5. The zero-order valence-corrected chi connectivity index (χ0v) is 10.7. The van der Waals surface area contributed by atoms with Gasteiger partial charge >= 0.3 is 6.01 Å². The fraction of sp³-hybridized carbons (Fsp3) is 0.833. The number of hydrogen-bond acceptors (Lipinski definition) is 5. The Morgan fingerprint density at radius 3 is 3.00 bits per heavy atom. The molecule has 0 aromatic carbocycles. The predicted octanol–water partition coefficient (Wildman–Crippen LogP) is 2.03. The zero-order valence-electron chi connectivity index (χ0n) is 10.7. The molecule has 1 fully saturated rings. The lowest BCUT2D eigenvalue weighted by molar-refractivity contribution is 0.292. The highest BCUT2D eigenvalue weighted by Gasteiger charge is 2.19. The fourth-order valence-electron chi connectivity index (χ4n) is 2.52. The first-order valence-electron chi connectivity index (χ1n) is 6.48. The van der Waals surface area contributed by atoms with Crippen molar-refractivity contribution >= 4 is 6.01 Å². The van der Waals surface area contributed by atoms with E-state index in [9.17, 15) is 0 Å².